The lowest BCUT2D eigenvalue weighted by atomic mass is 10.1. The third-order valence-electron chi connectivity index (χ3n) is 2.67. The highest BCUT2D eigenvalue weighted by Gasteiger charge is 2.18. The van der Waals surface area contributed by atoms with Crippen LogP contribution >= 0.6 is 0 Å². The monoisotopic (exact) mass is 283 g/mol. The fraction of sp³-hybridized carbons (Fsp3) is 0.429. The molecule has 0 radical (unpaired) electrons. The summed E-state index contributed by atoms with van der Waals surface area (Å²) in [5, 5.41) is 11.2. The van der Waals surface area contributed by atoms with Crippen LogP contribution in [0.4, 0.5) is 4.39 Å². The van der Waals surface area contributed by atoms with E-state index in [1.165, 1.54) is 18.2 Å². The van der Waals surface area contributed by atoms with Gasteiger partial charge in [0.1, 0.15) is 0 Å². The maximum atomic E-state index is 13.6. The molecule has 2 N–H and O–H groups in total. The number of amides is 1. The summed E-state index contributed by atoms with van der Waals surface area (Å²) in [6.07, 6.45) is 0.267. The molecular weight excluding hydrogens is 265 g/mol. The number of rotatable bonds is 7. The lowest BCUT2D eigenvalue weighted by molar-refractivity contribution is -0.137. The predicted octanol–water partition coefficient (Wildman–Crippen LogP) is 2.21. The first-order valence-electron chi connectivity index (χ1n) is 6.39. The molecule has 0 aliphatic heterocycles. The largest absolute Gasteiger partial charge is 0.490 e. The van der Waals surface area contributed by atoms with E-state index in [1.807, 2.05) is 0 Å². The smallest absolute Gasteiger partial charge is 0.303 e. The van der Waals surface area contributed by atoms with Crippen LogP contribution in [0.25, 0.3) is 0 Å². The second kappa shape index (κ2) is 7.47. The zero-order valence-electron chi connectivity index (χ0n) is 11.5. The summed E-state index contributed by atoms with van der Waals surface area (Å²) in [7, 11) is 0. The number of halogens is 1. The quantitative estimate of drug-likeness (QED) is 0.804. The van der Waals surface area contributed by atoms with Crippen molar-refractivity contribution in [2.75, 3.05) is 6.61 Å². The zero-order chi connectivity index (χ0) is 15.1. The van der Waals surface area contributed by atoms with Gasteiger partial charge in [-0.05, 0) is 32.4 Å². The fourth-order valence-electron chi connectivity index (χ4n) is 1.69. The second-order valence-corrected chi connectivity index (χ2v) is 4.36. The molecule has 6 heteroatoms. The zero-order valence-corrected chi connectivity index (χ0v) is 11.5. The van der Waals surface area contributed by atoms with Crippen molar-refractivity contribution in [3.8, 4) is 5.75 Å². The molecule has 1 unspecified atom stereocenters. The van der Waals surface area contributed by atoms with E-state index in [9.17, 15) is 14.0 Å². The lowest BCUT2D eigenvalue weighted by Gasteiger charge is -2.15. The highest BCUT2D eigenvalue weighted by Crippen LogP contribution is 2.22. The van der Waals surface area contributed by atoms with Crippen LogP contribution in [0.15, 0.2) is 18.2 Å². The summed E-state index contributed by atoms with van der Waals surface area (Å²) in [5.41, 5.74) is 0.106. The molecule has 0 heterocycles. The number of hydrogen-bond acceptors (Lipinski definition) is 3. The summed E-state index contributed by atoms with van der Waals surface area (Å²) in [6, 6.07) is 3.79. The summed E-state index contributed by atoms with van der Waals surface area (Å²) >= 11 is 0. The lowest BCUT2D eigenvalue weighted by Crippen LogP contribution is -2.33. The Balaban J connectivity index is 2.76. The van der Waals surface area contributed by atoms with Crippen molar-refractivity contribution >= 4 is 11.9 Å². The summed E-state index contributed by atoms with van der Waals surface area (Å²) in [6.45, 7) is 3.64. The number of carboxylic acids is 1. The van der Waals surface area contributed by atoms with Crippen LogP contribution in [0, 0.1) is 5.82 Å². The maximum absolute atomic E-state index is 13.6. The van der Waals surface area contributed by atoms with Crippen molar-refractivity contribution < 1.29 is 23.8 Å². The Bertz CT molecular complexity index is 490. The molecule has 110 valence electrons. The minimum absolute atomic E-state index is 0.0388. The van der Waals surface area contributed by atoms with Gasteiger partial charge in [-0.1, -0.05) is 6.07 Å². The minimum atomic E-state index is -0.924. The number of ether oxygens (including phenoxy) is 1. The van der Waals surface area contributed by atoms with Crippen LogP contribution in [0.5, 0.6) is 5.75 Å². The summed E-state index contributed by atoms with van der Waals surface area (Å²) in [4.78, 5) is 22.5. The van der Waals surface area contributed by atoms with Gasteiger partial charge in [-0.2, -0.15) is 0 Å². The minimum Gasteiger partial charge on any atom is -0.490 e. The molecule has 0 aliphatic carbocycles. The van der Waals surface area contributed by atoms with Gasteiger partial charge in [0.25, 0.3) is 5.91 Å². The van der Waals surface area contributed by atoms with Crippen LogP contribution in [-0.4, -0.2) is 29.6 Å². The van der Waals surface area contributed by atoms with Crippen LogP contribution in [-0.2, 0) is 4.79 Å². The van der Waals surface area contributed by atoms with Crippen LogP contribution in [0.2, 0.25) is 0 Å². The van der Waals surface area contributed by atoms with Crippen LogP contribution in [0.3, 0.4) is 0 Å². The second-order valence-electron chi connectivity index (χ2n) is 4.36. The number of carboxylic acid groups (broad SMARTS) is 1. The van der Waals surface area contributed by atoms with E-state index in [1.54, 1.807) is 13.8 Å². The molecule has 0 aromatic heterocycles. The van der Waals surface area contributed by atoms with E-state index in [4.69, 9.17) is 9.84 Å². The SMILES string of the molecule is CCOc1c(F)cccc1C(=O)NC(C)CCC(=O)O. The molecule has 1 amide bonds. The third kappa shape index (κ3) is 4.53. The fourth-order valence-corrected chi connectivity index (χ4v) is 1.69. The molecule has 20 heavy (non-hydrogen) atoms. The Morgan fingerprint density at radius 2 is 2.15 bits per heavy atom. The Kier molecular flexibility index (Phi) is 5.96. The summed E-state index contributed by atoms with van der Waals surface area (Å²) < 4.78 is 18.7. The number of nitrogens with one attached hydrogen (secondary N) is 1. The van der Waals surface area contributed by atoms with Crippen molar-refractivity contribution in [3.05, 3.63) is 29.6 Å². The standard InChI is InChI=1S/C14H18FNO4/c1-3-20-13-10(5-4-6-11(13)15)14(19)16-9(2)7-8-12(17)18/h4-6,9H,3,7-8H2,1-2H3,(H,16,19)(H,17,18). The van der Waals surface area contributed by atoms with Gasteiger partial charge in [0.2, 0.25) is 0 Å². The van der Waals surface area contributed by atoms with Gasteiger partial charge in [-0.25, -0.2) is 4.39 Å². The van der Waals surface area contributed by atoms with E-state index in [-0.39, 0.29) is 30.4 Å². The van der Waals surface area contributed by atoms with Gasteiger partial charge >= 0.3 is 5.97 Å². The molecule has 0 saturated heterocycles. The van der Waals surface area contributed by atoms with Crippen molar-refractivity contribution in [1.29, 1.82) is 0 Å². The molecule has 5 nitrogen and oxygen atoms in total. The normalized spacial score (nSPS) is 11.8. The number of carbonyl (C=O) groups is 2. The molecule has 0 aliphatic rings. The molecule has 1 rings (SSSR count). The number of para-hydroxylation sites is 1. The van der Waals surface area contributed by atoms with E-state index < -0.39 is 17.7 Å². The Hall–Kier alpha value is -2.11. The van der Waals surface area contributed by atoms with Crippen molar-refractivity contribution in [3.63, 3.8) is 0 Å². The first kappa shape index (κ1) is 15.9. The number of aliphatic carboxylic acids is 1. The molecule has 1 aromatic rings. The average molecular weight is 283 g/mol. The van der Waals surface area contributed by atoms with Crippen molar-refractivity contribution in [2.24, 2.45) is 0 Å². The molecule has 0 saturated carbocycles. The van der Waals surface area contributed by atoms with Gasteiger partial charge in [0, 0.05) is 12.5 Å². The van der Waals surface area contributed by atoms with Gasteiger partial charge in [0.05, 0.1) is 12.2 Å². The van der Waals surface area contributed by atoms with Crippen molar-refractivity contribution in [1.82, 2.24) is 5.32 Å². The molecule has 0 fully saturated rings. The first-order chi connectivity index (χ1) is 9.45. The third-order valence-corrected chi connectivity index (χ3v) is 2.67. The highest BCUT2D eigenvalue weighted by atomic mass is 19.1. The Morgan fingerprint density at radius 3 is 2.75 bits per heavy atom. The highest BCUT2D eigenvalue weighted by molar-refractivity contribution is 5.97. The van der Waals surface area contributed by atoms with Crippen molar-refractivity contribution in [2.45, 2.75) is 32.7 Å². The van der Waals surface area contributed by atoms with E-state index in [2.05, 4.69) is 5.32 Å². The maximum Gasteiger partial charge on any atom is 0.303 e. The van der Waals surface area contributed by atoms with Gasteiger partial charge in [-0.15, -0.1) is 0 Å². The number of hydrogen-bond donors (Lipinski definition) is 2. The number of benzene rings is 1. The van der Waals surface area contributed by atoms with Gasteiger partial charge in [-0.3, -0.25) is 9.59 Å². The molecule has 1 aromatic carbocycles. The van der Waals surface area contributed by atoms with Gasteiger partial charge in [0.15, 0.2) is 11.6 Å². The molecular formula is C14H18FNO4. The average Bonchev–Trinajstić information content (AvgIpc) is 2.38. The van der Waals surface area contributed by atoms with Crippen LogP contribution < -0.4 is 10.1 Å². The van der Waals surface area contributed by atoms with Gasteiger partial charge < -0.3 is 15.2 Å². The van der Waals surface area contributed by atoms with E-state index in [0.717, 1.165) is 0 Å². The molecule has 0 spiro atoms. The van der Waals surface area contributed by atoms with E-state index in [0.29, 0.717) is 6.42 Å². The topological polar surface area (TPSA) is 75.6 Å². The van der Waals surface area contributed by atoms with Crippen LogP contribution in [0.1, 0.15) is 37.0 Å². The molecule has 1 atom stereocenters. The summed E-state index contributed by atoms with van der Waals surface area (Å²) in [5.74, 6) is -2.09. The predicted molar refractivity (Wildman–Crippen MR) is 71.4 cm³/mol. The Labute approximate surface area is 116 Å². The molecule has 0 bridgehead atoms. The van der Waals surface area contributed by atoms with E-state index >= 15 is 0 Å². The number of carbonyl (C=O) groups excluding carboxylic acids is 1. The Morgan fingerprint density at radius 1 is 1.45 bits per heavy atom. The first-order valence-corrected chi connectivity index (χ1v) is 6.39.